The first-order valence-electron chi connectivity index (χ1n) is 14.2. The summed E-state index contributed by atoms with van der Waals surface area (Å²) in [5.41, 5.74) is 20.4. The SMILES string of the molecule is C=CC(=O)N[C@@H]1CCCC[C@@H]1NC(=O)c1sc2c(N)ccc3c2c1C(N)C(=O)C3(N)c1ccc(Oc2ccccc2)cc1. The molecule has 4 atom stereocenters. The summed E-state index contributed by atoms with van der Waals surface area (Å²) in [5.74, 6) is 0.205. The van der Waals surface area contributed by atoms with Crippen LogP contribution in [-0.4, -0.2) is 29.7 Å². The molecular weight excluding hydrogens is 562 g/mol. The van der Waals surface area contributed by atoms with Gasteiger partial charge in [-0.05, 0) is 60.4 Å². The van der Waals surface area contributed by atoms with Gasteiger partial charge in [0.1, 0.15) is 17.0 Å². The number of anilines is 1. The van der Waals surface area contributed by atoms with Crippen molar-refractivity contribution >= 4 is 44.7 Å². The summed E-state index contributed by atoms with van der Waals surface area (Å²) >= 11 is 1.20. The average molecular weight is 596 g/mol. The number of thiophene rings is 1. The van der Waals surface area contributed by atoms with Crippen molar-refractivity contribution < 1.29 is 19.1 Å². The second kappa shape index (κ2) is 11.3. The highest BCUT2D eigenvalue weighted by molar-refractivity contribution is 7.21. The second-order valence-corrected chi connectivity index (χ2v) is 12.0. The quantitative estimate of drug-likeness (QED) is 0.156. The highest BCUT2D eigenvalue weighted by Gasteiger charge is 2.49. The number of rotatable bonds is 7. The first-order chi connectivity index (χ1) is 20.7. The molecule has 6 rings (SSSR count). The molecule has 3 aromatic carbocycles. The van der Waals surface area contributed by atoms with Crippen LogP contribution >= 0.6 is 11.3 Å². The number of ether oxygens (including phenoxy) is 1. The second-order valence-electron chi connectivity index (χ2n) is 11.0. The van der Waals surface area contributed by atoms with E-state index in [1.54, 1.807) is 36.4 Å². The number of Topliss-reactive ketones (excluding diaryl/α,β-unsaturated/α-hetero) is 1. The molecule has 0 spiro atoms. The predicted molar refractivity (Wildman–Crippen MR) is 168 cm³/mol. The van der Waals surface area contributed by atoms with Crippen LogP contribution in [0.1, 0.15) is 58.1 Å². The standard InChI is InChI=1S/C33H33N5O4S/c1-2-25(39)37-23-10-6-7-11-24(23)38-32(41)30-27-26-21(16-17-22(34)29(26)43-30)33(36,31(40)28(27)35)18-12-14-20(15-13-18)42-19-8-4-3-5-9-19/h2-5,8-9,12-17,23-24,28H,1,6-7,10-11,34-36H2,(H,37,39)(H,38,41)/t23-,24+,28?,33?/m1/s1. The summed E-state index contributed by atoms with van der Waals surface area (Å²) in [6, 6.07) is 18.2. The van der Waals surface area contributed by atoms with E-state index >= 15 is 0 Å². The Morgan fingerprint density at radius 3 is 2.28 bits per heavy atom. The van der Waals surface area contributed by atoms with Crippen LogP contribution in [0, 0.1) is 0 Å². The zero-order valence-corrected chi connectivity index (χ0v) is 24.3. The lowest BCUT2D eigenvalue weighted by molar-refractivity contribution is -0.124. The maximum atomic E-state index is 14.1. The first kappa shape index (κ1) is 28.6. The summed E-state index contributed by atoms with van der Waals surface area (Å²) in [6.45, 7) is 3.53. The van der Waals surface area contributed by atoms with Crippen molar-refractivity contribution in [1.29, 1.82) is 0 Å². The highest BCUT2D eigenvalue weighted by Crippen LogP contribution is 2.49. The molecule has 1 aromatic heterocycles. The lowest BCUT2D eigenvalue weighted by Gasteiger charge is -2.37. The number of carbonyl (C=O) groups excluding carboxylic acids is 3. The first-order valence-corrected chi connectivity index (χ1v) is 15.1. The maximum Gasteiger partial charge on any atom is 0.262 e. The van der Waals surface area contributed by atoms with Crippen LogP contribution in [0.4, 0.5) is 5.69 Å². The van der Waals surface area contributed by atoms with Crippen molar-refractivity contribution in [3.8, 4) is 11.5 Å². The maximum absolute atomic E-state index is 14.1. The van der Waals surface area contributed by atoms with Gasteiger partial charge in [-0.2, -0.15) is 0 Å². The Hall–Kier alpha value is -4.51. The number of carbonyl (C=O) groups is 3. The number of ketones is 1. The third-order valence-corrected chi connectivity index (χ3v) is 9.66. The minimum Gasteiger partial charge on any atom is -0.457 e. The van der Waals surface area contributed by atoms with Crippen LogP contribution in [0.5, 0.6) is 11.5 Å². The van der Waals surface area contributed by atoms with E-state index in [9.17, 15) is 14.4 Å². The van der Waals surface area contributed by atoms with Crippen LogP contribution < -0.4 is 32.6 Å². The Kier molecular flexibility index (Phi) is 7.51. The lowest BCUT2D eigenvalue weighted by Crippen LogP contribution is -2.54. The Morgan fingerprint density at radius 1 is 0.953 bits per heavy atom. The van der Waals surface area contributed by atoms with E-state index < -0.39 is 17.4 Å². The number of hydrogen-bond acceptors (Lipinski definition) is 8. The summed E-state index contributed by atoms with van der Waals surface area (Å²) in [7, 11) is 0. The molecule has 9 nitrogen and oxygen atoms in total. The molecular formula is C33H33N5O4S. The van der Waals surface area contributed by atoms with E-state index in [0.717, 1.165) is 19.3 Å². The zero-order valence-electron chi connectivity index (χ0n) is 23.5. The van der Waals surface area contributed by atoms with Gasteiger partial charge in [0.25, 0.3) is 5.91 Å². The number of benzene rings is 3. The molecule has 2 aliphatic rings. The Balaban J connectivity index is 1.37. The predicted octanol–water partition coefficient (Wildman–Crippen LogP) is 4.40. The molecule has 220 valence electrons. The van der Waals surface area contributed by atoms with Crippen molar-refractivity contribution in [2.24, 2.45) is 11.5 Å². The molecule has 1 heterocycles. The fourth-order valence-electron chi connectivity index (χ4n) is 6.21. The van der Waals surface area contributed by atoms with Crippen molar-refractivity contribution in [2.45, 2.75) is 49.3 Å². The summed E-state index contributed by atoms with van der Waals surface area (Å²) in [6.07, 6.45) is 4.54. The van der Waals surface area contributed by atoms with Crippen LogP contribution in [0.25, 0.3) is 10.1 Å². The van der Waals surface area contributed by atoms with Gasteiger partial charge in [-0.3, -0.25) is 14.4 Å². The van der Waals surface area contributed by atoms with E-state index in [-0.39, 0.29) is 23.9 Å². The van der Waals surface area contributed by atoms with Gasteiger partial charge in [0.15, 0.2) is 5.78 Å². The Morgan fingerprint density at radius 2 is 1.60 bits per heavy atom. The summed E-state index contributed by atoms with van der Waals surface area (Å²) in [5, 5.41) is 6.66. The van der Waals surface area contributed by atoms with Gasteiger partial charge < -0.3 is 32.6 Å². The third kappa shape index (κ3) is 4.97. The smallest absolute Gasteiger partial charge is 0.262 e. The van der Waals surface area contributed by atoms with Gasteiger partial charge >= 0.3 is 0 Å². The molecule has 0 saturated heterocycles. The van der Waals surface area contributed by atoms with E-state index in [4.69, 9.17) is 21.9 Å². The zero-order chi connectivity index (χ0) is 30.3. The molecule has 0 radical (unpaired) electrons. The molecule has 1 fully saturated rings. The number of para-hydroxylation sites is 1. The van der Waals surface area contributed by atoms with Crippen LogP contribution in [-0.2, 0) is 15.1 Å². The normalized spacial score (nSPS) is 23.0. The van der Waals surface area contributed by atoms with Gasteiger partial charge in [0, 0.05) is 28.7 Å². The van der Waals surface area contributed by atoms with Gasteiger partial charge in [0.2, 0.25) is 5.91 Å². The molecule has 0 bridgehead atoms. The van der Waals surface area contributed by atoms with Gasteiger partial charge in [0.05, 0.1) is 15.6 Å². The van der Waals surface area contributed by atoms with Crippen LogP contribution in [0.15, 0.2) is 79.4 Å². The Bertz CT molecular complexity index is 1740. The topological polar surface area (TPSA) is 163 Å². The molecule has 43 heavy (non-hydrogen) atoms. The largest absolute Gasteiger partial charge is 0.457 e. The molecule has 8 N–H and O–H groups in total. The number of nitrogens with two attached hydrogens (primary N) is 3. The molecule has 0 aliphatic heterocycles. The fourth-order valence-corrected chi connectivity index (χ4v) is 7.41. The number of nitrogen functional groups attached to an aromatic ring is 1. The van der Waals surface area contributed by atoms with Crippen molar-refractivity contribution in [3.05, 3.63) is 101 Å². The van der Waals surface area contributed by atoms with E-state index in [1.165, 1.54) is 17.4 Å². The summed E-state index contributed by atoms with van der Waals surface area (Å²) < 4.78 is 6.57. The van der Waals surface area contributed by atoms with Gasteiger partial charge in [-0.1, -0.05) is 55.8 Å². The molecule has 2 unspecified atom stereocenters. The fraction of sp³-hybridized carbons (Fsp3) is 0.242. The highest BCUT2D eigenvalue weighted by atomic mass is 32.1. The van der Waals surface area contributed by atoms with Gasteiger partial charge in [-0.15, -0.1) is 11.3 Å². The third-order valence-electron chi connectivity index (χ3n) is 8.40. The minimum atomic E-state index is -1.57. The molecule has 1 saturated carbocycles. The number of amides is 2. The lowest BCUT2D eigenvalue weighted by atomic mass is 9.70. The van der Waals surface area contributed by atoms with E-state index in [1.807, 2.05) is 30.3 Å². The number of hydrogen-bond donors (Lipinski definition) is 5. The van der Waals surface area contributed by atoms with Gasteiger partial charge in [-0.25, -0.2) is 0 Å². The molecule has 2 amide bonds. The molecule has 10 heteroatoms. The Labute approximate surface area is 253 Å². The van der Waals surface area contributed by atoms with Crippen molar-refractivity contribution in [2.75, 3.05) is 5.73 Å². The van der Waals surface area contributed by atoms with Crippen molar-refractivity contribution in [3.63, 3.8) is 0 Å². The van der Waals surface area contributed by atoms with Crippen molar-refractivity contribution in [1.82, 2.24) is 10.6 Å². The number of nitrogens with one attached hydrogen (secondary N) is 2. The monoisotopic (exact) mass is 595 g/mol. The molecule has 4 aromatic rings. The van der Waals surface area contributed by atoms with Crippen LogP contribution in [0.3, 0.4) is 0 Å². The van der Waals surface area contributed by atoms with Crippen LogP contribution in [0.2, 0.25) is 0 Å². The average Bonchev–Trinajstić information content (AvgIpc) is 3.43. The summed E-state index contributed by atoms with van der Waals surface area (Å²) in [4.78, 5) is 40.2. The minimum absolute atomic E-state index is 0.226. The van der Waals surface area contributed by atoms with E-state index in [0.29, 0.717) is 55.3 Å². The van der Waals surface area contributed by atoms with E-state index in [2.05, 4.69) is 17.2 Å². The molecule has 2 aliphatic carbocycles.